The molecule has 2 heterocycles. The van der Waals surface area contributed by atoms with Gasteiger partial charge in [-0.15, -0.1) is 0 Å². The summed E-state index contributed by atoms with van der Waals surface area (Å²) in [5, 5.41) is 9.80. The summed E-state index contributed by atoms with van der Waals surface area (Å²) in [4.78, 5) is 15.8. The fraction of sp³-hybridized carbons (Fsp3) is 0.286. The third kappa shape index (κ3) is 2.02. The van der Waals surface area contributed by atoms with Crippen molar-refractivity contribution in [3.05, 3.63) is 41.2 Å². The molecule has 0 fully saturated rings. The van der Waals surface area contributed by atoms with Crippen molar-refractivity contribution in [2.24, 2.45) is 0 Å². The van der Waals surface area contributed by atoms with Crippen LogP contribution in [0.3, 0.4) is 0 Å². The number of carboxylic acid groups (broad SMARTS) is 1. The van der Waals surface area contributed by atoms with Gasteiger partial charge in [0.15, 0.2) is 5.15 Å². The van der Waals surface area contributed by atoms with Crippen LogP contribution in [0.4, 0.5) is 0 Å². The lowest BCUT2D eigenvalue weighted by atomic mass is 10.0. The number of carboxylic acids is 1. The minimum absolute atomic E-state index is 0.421. The van der Waals surface area contributed by atoms with Gasteiger partial charge >= 0.3 is 5.97 Å². The molecule has 1 aromatic carbocycles. The van der Waals surface area contributed by atoms with Crippen molar-refractivity contribution in [3.63, 3.8) is 0 Å². The Bertz CT molecular complexity index is 622. The Morgan fingerprint density at radius 1 is 1.37 bits per heavy atom. The summed E-state index contributed by atoms with van der Waals surface area (Å²) < 4.78 is 1.78. The second-order valence-corrected chi connectivity index (χ2v) is 5.01. The van der Waals surface area contributed by atoms with Crippen LogP contribution in [0.2, 0.25) is 5.15 Å². The zero-order valence-corrected chi connectivity index (χ0v) is 11.0. The van der Waals surface area contributed by atoms with E-state index in [0.717, 1.165) is 24.1 Å². The standard InChI is InChI=1S/C14H13ClN2O2/c15-12-10-7-4-8-11(14(18)19)17(10)13(16-12)9-5-2-1-3-6-9/h1-3,5-6,11H,4,7-8H2,(H,18,19). The lowest BCUT2D eigenvalue weighted by Gasteiger charge is -2.24. The highest BCUT2D eigenvalue weighted by molar-refractivity contribution is 6.30. The molecule has 0 bridgehead atoms. The number of nitrogens with zero attached hydrogens (tertiary/aromatic N) is 2. The van der Waals surface area contributed by atoms with Crippen LogP contribution in [-0.2, 0) is 11.2 Å². The zero-order valence-electron chi connectivity index (χ0n) is 10.2. The predicted octanol–water partition coefficient (Wildman–Crippen LogP) is 3.17. The average molecular weight is 277 g/mol. The minimum atomic E-state index is -0.827. The highest BCUT2D eigenvalue weighted by atomic mass is 35.5. The second kappa shape index (κ2) is 4.70. The summed E-state index contributed by atoms with van der Waals surface area (Å²) in [7, 11) is 0. The fourth-order valence-corrected chi connectivity index (χ4v) is 2.88. The van der Waals surface area contributed by atoms with Crippen molar-refractivity contribution in [3.8, 4) is 11.4 Å². The van der Waals surface area contributed by atoms with Gasteiger partial charge in [-0.05, 0) is 19.3 Å². The molecule has 19 heavy (non-hydrogen) atoms. The molecule has 0 aliphatic carbocycles. The summed E-state index contributed by atoms with van der Waals surface area (Å²) in [6, 6.07) is 8.99. The number of hydrogen-bond acceptors (Lipinski definition) is 2. The number of carbonyl (C=O) groups is 1. The highest BCUT2D eigenvalue weighted by Crippen LogP contribution is 2.35. The summed E-state index contributed by atoms with van der Waals surface area (Å²) in [6.45, 7) is 0. The first kappa shape index (κ1) is 12.2. The van der Waals surface area contributed by atoms with Crippen LogP contribution in [0.1, 0.15) is 24.6 Å². The number of halogens is 1. The molecular weight excluding hydrogens is 264 g/mol. The Hall–Kier alpha value is -1.81. The van der Waals surface area contributed by atoms with Crippen molar-refractivity contribution in [2.75, 3.05) is 0 Å². The number of rotatable bonds is 2. The number of fused-ring (bicyclic) bond motifs is 1. The molecule has 1 aliphatic rings. The van der Waals surface area contributed by atoms with E-state index < -0.39 is 12.0 Å². The molecule has 0 saturated heterocycles. The van der Waals surface area contributed by atoms with Crippen molar-refractivity contribution < 1.29 is 9.90 Å². The predicted molar refractivity (Wildman–Crippen MR) is 72.3 cm³/mol. The van der Waals surface area contributed by atoms with Gasteiger partial charge in [0.2, 0.25) is 0 Å². The molecule has 0 radical (unpaired) electrons. The van der Waals surface area contributed by atoms with E-state index >= 15 is 0 Å². The van der Waals surface area contributed by atoms with Gasteiger partial charge in [-0.25, -0.2) is 9.78 Å². The first-order chi connectivity index (χ1) is 9.18. The molecule has 4 nitrogen and oxygen atoms in total. The molecule has 0 amide bonds. The molecule has 98 valence electrons. The van der Waals surface area contributed by atoms with Crippen LogP contribution in [-0.4, -0.2) is 20.6 Å². The maximum Gasteiger partial charge on any atom is 0.326 e. The Morgan fingerprint density at radius 2 is 2.11 bits per heavy atom. The molecule has 1 aromatic heterocycles. The topological polar surface area (TPSA) is 55.1 Å². The van der Waals surface area contributed by atoms with Gasteiger partial charge in [-0.2, -0.15) is 0 Å². The molecule has 1 N–H and O–H groups in total. The average Bonchev–Trinajstić information content (AvgIpc) is 2.77. The third-order valence-corrected chi connectivity index (χ3v) is 3.78. The Morgan fingerprint density at radius 3 is 2.79 bits per heavy atom. The normalized spacial score (nSPS) is 18.1. The number of aromatic nitrogens is 2. The summed E-state index contributed by atoms with van der Waals surface area (Å²) >= 11 is 6.16. The van der Waals surface area contributed by atoms with Gasteiger partial charge in [0.05, 0.1) is 5.69 Å². The molecule has 0 spiro atoms. The first-order valence-electron chi connectivity index (χ1n) is 6.23. The van der Waals surface area contributed by atoms with Crippen LogP contribution >= 0.6 is 11.6 Å². The van der Waals surface area contributed by atoms with E-state index in [2.05, 4.69) is 4.98 Å². The van der Waals surface area contributed by atoms with Crippen LogP contribution < -0.4 is 0 Å². The van der Waals surface area contributed by atoms with E-state index in [4.69, 9.17) is 11.6 Å². The quantitative estimate of drug-likeness (QED) is 0.917. The van der Waals surface area contributed by atoms with Crippen molar-refractivity contribution in [2.45, 2.75) is 25.3 Å². The van der Waals surface area contributed by atoms with Gasteiger partial charge in [0.1, 0.15) is 11.9 Å². The Kier molecular flexibility index (Phi) is 3.03. The Labute approximate surface area is 115 Å². The van der Waals surface area contributed by atoms with Gasteiger partial charge in [0.25, 0.3) is 0 Å². The van der Waals surface area contributed by atoms with Crippen LogP contribution in [0.5, 0.6) is 0 Å². The third-order valence-electron chi connectivity index (χ3n) is 3.48. The van der Waals surface area contributed by atoms with E-state index in [0.29, 0.717) is 17.4 Å². The largest absolute Gasteiger partial charge is 0.480 e. The maximum absolute atomic E-state index is 11.4. The molecule has 1 atom stereocenters. The molecule has 3 rings (SSSR count). The van der Waals surface area contributed by atoms with Gasteiger partial charge < -0.3 is 9.67 Å². The molecular formula is C14H13ClN2O2. The summed E-state index contributed by atoms with van der Waals surface area (Å²) in [5.74, 6) is -0.181. The maximum atomic E-state index is 11.4. The minimum Gasteiger partial charge on any atom is -0.480 e. The van der Waals surface area contributed by atoms with Crippen LogP contribution in [0, 0.1) is 0 Å². The van der Waals surface area contributed by atoms with E-state index in [9.17, 15) is 9.90 Å². The van der Waals surface area contributed by atoms with E-state index in [1.54, 1.807) is 4.57 Å². The second-order valence-electron chi connectivity index (χ2n) is 4.66. The highest BCUT2D eigenvalue weighted by Gasteiger charge is 2.31. The van der Waals surface area contributed by atoms with Gasteiger partial charge in [-0.3, -0.25) is 0 Å². The van der Waals surface area contributed by atoms with Crippen molar-refractivity contribution >= 4 is 17.6 Å². The monoisotopic (exact) mass is 276 g/mol. The Balaban J connectivity index is 2.20. The van der Waals surface area contributed by atoms with Gasteiger partial charge in [-0.1, -0.05) is 41.9 Å². The molecule has 5 heteroatoms. The SMILES string of the molecule is O=C(O)C1CCCc2c(Cl)nc(-c3ccccc3)n21. The van der Waals surface area contributed by atoms with Gasteiger partial charge in [0, 0.05) is 5.56 Å². The number of benzene rings is 1. The van der Waals surface area contributed by atoms with Crippen molar-refractivity contribution in [1.82, 2.24) is 9.55 Å². The summed E-state index contributed by atoms with van der Waals surface area (Å²) in [5.41, 5.74) is 1.72. The van der Waals surface area contributed by atoms with Crippen LogP contribution in [0.15, 0.2) is 30.3 Å². The number of aliphatic carboxylic acids is 1. The van der Waals surface area contributed by atoms with Crippen molar-refractivity contribution in [1.29, 1.82) is 0 Å². The fourth-order valence-electron chi connectivity index (χ4n) is 2.61. The van der Waals surface area contributed by atoms with E-state index in [1.165, 1.54) is 0 Å². The number of hydrogen-bond donors (Lipinski definition) is 1. The smallest absolute Gasteiger partial charge is 0.326 e. The lowest BCUT2D eigenvalue weighted by molar-refractivity contribution is -0.141. The molecule has 1 aliphatic heterocycles. The van der Waals surface area contributed by atoms with E-state index in [1.807, 2.05) is 30.3 Å². The van der Waals surface area contributed by atoms with E-state index in [-0.39, 0.29) is 0 Å². The van der Waals surface area contributed by atoms with Crippen LogP contribution in [0.25, 0.3) is 11.4 Å². The first-order valence-corrected chi connectivity index (χ1v) is 6.61. The lowest BCUT2D eigenvalue weighted by Crippen LogP contribution is -2.25. The number of imidazole rings is 1. The molecule has 1 unspecified atom stereocenters. The zero-order chi connectivity index (χ0) is 13.4. The summed E-state index contributed by atoms with van der Waals surface area (Å²) in [6.07, 6.45) is 2.23. The molecule has 0 saturated carbocycles. The molecule has 2 aromatic rings.